The second-order valence-corrected chi connectivity index (χ2v) is 12.4. The van der Waals surface area contributed by atoms with Crippen LogP contribution in [0.2, 0.25) is 0 Å². The maximum atomic E-state index is 12.2. The van der Waals surface area contributed by atoms with E-state index in [0.29, 0.717) is 18.9 Å². The highest BCUT2D eigenvalue weighted by Crippen LogP contribution is 2.39. The monoisotopic (exact) mass is 586 g/mol. The van der Waals surface area contributed by atoms with Crippen molar-refractivity contribution < 1.29 is 28.5 Å². The molecule has 1 spiro atoms. The number of benzene rings is 3. The maximum Gasteiger partial charge on any atom is 0.407 e. The predicted molar refractivity (Wildman–Crippen MR) is 166 cm³/mol. The molecule has 2 fully saturated rings. The first kappa shape index (κ1) is 30.4. The SMILES string of the molecule is COC(=O)Cc1ccccc1OCc1cc(-c2cccc(CNC(=O)OC(C)(C)C)c2)cc(N2CCC3(CCO3)CC2)c1. The van der Waals surface area contributed by atoms with Crippen LogP contribution in [-0.2, 0) is 38.6 Å². The van der Waals surface area contributed by atoms with Crippen molar-refractivity contribution in [2.24, 2.45) is 0 Å². The minimum atomic E-state index is -0.552. The van der Waals surface area contributed by atoms with Crippen molar-refractivity contribution in [2.75, 3.05) is 31.7 Å². The van der Waals surface area contributed by atoms with Gasteiger partial charge in [0, 0.05) is 30.9 Å². The number of ether oxygens (including phenoxy) is 4. The minimum absolute atomic E-state index is 0.0683. The molecule has 0 saturated carbocycles. The van der Waals surface area contributed by atoms with E-state index in [2.05, 4.69) is 40.5 Å². The topological polar surface area (TPSA) is 86.3 Å². The second-order valence-electron chi connectivity index (χ2n) is 12.4. The largest absolute Gasteiger partial charge is 0.489 e. The molecule has 0 bridgehead atoms. The summed E-state index contributed by atoms with van der Waals surface area (Å²) >= 11 is 0. The molecule has 0 radical (unpaired) electrons. The molecule has 2 saturated heterocycles. The van der Waals surface area contributed by atoms with E-state index in [4.69, 9.17) is 18.9 Å². The molecule has 3 aromatic rings. The molecule has 8 nitrogen and oxygen atoms in total. The lowest BCUT2D eigenvalue weighted by Gasteiger charge is -2.48. The third-order valence-corrected chi connectivity index (χ3v) is 8.01. The molecule has 0 atom stereocenters. The fraction of sp³-hybridized carbons (Fsp3) is 0.429. The first-order valence-electron chi connectivity index (χ1n) is 15.0. The standard InChI is InChI=1S/C35H42N2O6/c1-34(2,3)43-33(39)36-23-25-8-7-10-27(18-25)29-19-26(24-41-31-11-6-5-9-28(31)22-32(38)40-4)20-30(21-29)37-15-12-35(13-16-37)14-17-42-35/h5-11,18-21H,12-17,22-24H2,1-4H3,(H,36,39). The van der Waals surface area contributed by atoms with Gasteiger partial charge in [-0.15, -0.1) is 0 Å². The molecule has 2 aliphatic rings. The number of rotatable bonds is 9. The quantitative estimate of drug-likeness (QED) is 0.289. The van der Waals surface area contributed by atoms with Gasteiger partial charge in [-0.1, -0.05) is 36.4 Å². The third kappa shape index (κ3) is 8.08. The zero-order valence-electron chi connectivity index (χ0n) is 25.6. The summed E-state index contributed by atoms with van der Waals surface area (Å²) in [5.41, 5.74) is 5.57. The lowest BCUT2D eigenvalue weighted by molar-refractivity contribution is -0.158. The molecule has 1 amide bonds. The molecule has 0 aliphatic carbocycles. The molecule has 2 aliphatic heterocycles. The molecule has 8 heteroatoms. The van der Waals surface area contributed by atoms with E-state index >= 15 is 0 Å². The molecular weight excluding hydrogens is 544 g/mol. The van der Waals surface area contributed by atoms with Gasteiger partial charge >= 0.3 is 12.1 Å². The zero-order chi connectivity index (χ0) is 30.5. The normalized spacial score (nSPS) is 15.9. The smallest absolute Gasteiger partial charge is 0.407 e. The average molecular weight is 587 g/mol. The lowest BCUT2D eigenvalue weighted by Crippen LogP contribution is -2.52. The highest BCUT2D eigenvalue weighted by atomic mass is 16.6. The Morgan fingerprint density at radius 2 is 1.67 bits per heavy atom. The number of nitrogens with zero attached hydrogens (tertiary/aromatic N) is 1. The van der Waals surface area contributed by atoms with Gasteiger partial charge in [0.05, 0.1) is 25.7 Å². The van der Waals surface area contributed by atoms with E-state index in [1.807, 2.05) is 57.2 Å². The number of esters is 1. The number of carbonyl (C=O) groups excluding carboxylic acids is 2. The van der Waals surface area contributed by atoms with E-state index in [1.54, 1.807) is 0 Å². The van der Waals surface area contributed by atoms with Crippen LogP contribution in [0.1, 0.15) is 56.7 Å². The number of piperidine rings is 1. The number of methoxy groups -OCH3 is 1. The predicted octanol–water partition coefficient (Wildman–Crippen LogP) is 6.43. The van der Waals surface area contributed by atoms with Gasteiger partial charge in [-0.25, -0.2) is 4.79 Å². The van der Waals surface area contributed by atoms with E-state index in [1.165, 1.54) is 7.11 Å². The van der Waals surface area contributed by atoms with Gasteiger partial charge in [0.2, 0.25) is 0 Å². The van der Waals surface area contributed by atoms with Crippen molar-refractivity contribution in [1.29, 1.82) is 0 Å². The van der Waals surface area contributed by atoms with Crippen molar-refractivity contribution >= 4 is 17.7 Å². The van der Waals surface area contributed by atoms with Crippen LogP contribution in [0, 0.1) is 0 Å². The Morgan fingerprint density at radius 3 is 2.37 bits per heavy atom. The van der Waals surface area contributed by atoms with E-state index in [0.717, 1.165) is 72.5 Å². The summed E-state index contributed by atoms with van der Waals surface area (Å²) in [6, 6.07) is 22.3. The first-order chi connectivity index (χ1) is 20.6. The number of alkyl carbamates (subject to hydrolysis) is 1. The molecule has 43 heavy (non-hydrogen) atoms. The lowest BCUT2D eigenvalue weighted by atomic mass is 9.84. The average Bonchev–Trinajstić information content (AvgIpc) is 2.98. The third-order valence-electron chi connectivity index (χ3n) is 8.01. The van der Waals surface area contributed by atoms with Crippen LogP contribution >= 0.6 is 0 Å². The van der Waals surface area contributed by atoms with Gasteiger partial charge in [-0.3, -0.25) is 4.79 Å². The Morgan fingerprint density at radius 1 is 0.930 bits per heavy atom. The summed E-state index contributed by atoms with van der Waals surface area (Å²) in [5, 5.41) is 2.85. The summed E-state index contributed by atoms with van der Waals surface area (Å²) in [4.78, 5) is 26.6. The van der Waals surface area contributed by atoms with E-state index in [-0.39, 0.29) is 18.0 Å². The zero-order valence-corrected chi connectivity index (χ0v) is 25.6. The summed E-state index contributed by atoms with van der Waals surface area (Å²) < 4.78 is 22.5. The molecular formula is C35H42N2O6. The Labute approximate surface area is 254 Å². The molecule has 228 valence electrons. The molecule has 0 unspecified atom stereocenters. The van der Waals surface area contributed by atoms with Crippen LogP contribution in [0.15, 0.2) is 66.7 Å². The van der Waals surface area contributed by atoms with E-state index in [9.17, 15) is 9.59 Å². The van der Waals surface area contributed by atoms with Crippen LogP contribution in [0.5, 0.6) is 5.75 Å². The van der Waals surface area contributed by atoms with Crippen LogP contribution in [-0.4, -0.2) is 50.1 Å². The molecule has 3 aromatic carbocycles. The number of nitrogens with one attached hydrogen (secondary N) is 1. The van der Waals surface area contributed by atoms with Crippen LogP contribution in [0.4, 0.5) is 10.5 Å². The second kappa shape index (κ2) is 13.1. The molecule has 0 aromatic heterocycles. The van der Waals surface area contributed by atoms with Crippen LogP contribution in [0.3, 0.4) is 0 Å². The number of hydrogen-bond donors (Lipinski definition) is 1. The Balaban J connectivity index is 1.38. The number of hydrogen-bond acceptors (Lipinski definition) is 7. The highest BCUT2D eigenvalue weighted by Gasteiger charge is 2.41. The van der Waals surface area contributed by atoms with Crippen molar-refractivity contribution in [1.82, 2.24) is 5.32 Å². The Kier molecular flexibility index (Phi) is 9.25. The van der Waals surface area contributed by atoms with E-state index < -0.39 is 11.7 Å². The molecule has 1 N–H and O–H groups in total. The Bertz CT molecular complexity index is 1430. The van der Waals surface area contributed by atoms with Gasteiger partial charge in [-0.05, 0) is 92.6 Å². The fourth-order valence-corrected chi connectivity index (χ4v) is 5.59. The maximum absolute atomic E-state index is 12.2. The van der Waals surface area contributed by atoms with Gasteiger partial charge in [-0.2, -0.15) is 0 Å². The molecule has 5 rings (SSSR count). The summed E-state index contributed by atoms with van der Waals surface area (Å²) in [6.45, 7) is 9.00. The highest BCUT2D eigenvalue weighted by molar-refractivity contribution is 5.73. The summed E-state index contributed by atoms with van der Waals surface area (Å²) in [6.07, 6.45) is 2.91. The minimum Gasteiger partial charge on any atom is -0.489 e. The van der Waals surface area contributed by atoms with Crippen molar-refractivity contribution in [3.8, 4) is 16.9 Å². The summed E-state index contributed by atoms with van der Waals surface area (Å²) in [7, 11) is 1.39. The number of para-hydroxylation sites is 1. The van der Waals surface area contributed by atoms with Gasteiger partial charge in [0.15, 0.2) is 0 Å². The van der Waals surface area contributed by atoms with Crippen molar-refractivity contribution in [2.45, 2.75) is 70.8 Å². The van der Waals surface area contributed by atoms with Crippen molar-refractivity contribution in [3.63, 3.8) is 0 Å². The van der Waals surface area contributed by atoms with Crippen LogP contribution < -0.4 is 15.0 Å². The van der Waals surface area contributed by atoms with Crippen molar-refractivity contribution in [3.05, 3.63) is 83.4 Å². The number of carbonyl (C=O) groups is 2. The Hall–Kier alpha value is -4.04. The summed E-state index contributed by atoms with van der Waals surface area (Å²) in [5.74, 6) is 0.358. The fourth-order valence-electron chi connectivity index (χ4n) is 5.59. The first-order valence-corrected chi connectivity index (χ1v) is 15.0. The van der Waals surface area contributed by atoms with Gasteiger partial charge in [0.1, 0.15) is 18.0 Å². The van der Waals surface area contributed by atoms with Gasteiger partial charge < -0.3 is 29.2 Å². The van der Waals surface area contributed by atoms with Crippen LogP contribution in [0.25, 0.3) is 11.1 Å². The molecule has 2 heterocycles. The van der Waals surface area contributed by atoms with Gasteiger partial charge in [0.25, 0.3) is 0 Å². The number of anilines is 1. The number of amides is 1.